The minimum Gasteiger partial charge on any atom is -0.481 e. The van der Waals surface area contributed by atoms with Gasteiger partial charge in [-0.2, -0.15) is 0 Å². The van der Waals surface area contributed by atoms with E-state index >= 15 is 0 Å². The molecule has 4 N–H and O–H groups in total. The Balaban J connectivity index is 2.11. The molecule has 0 saturated heterocycles. The first-order valence-corrected chi connectivity index (χ1v) is 6.79. The van der Waals surface area contributed by atoms with E-state index in [-0.39, 0.29) is 11.5 Å². The van der Waals surface area contributed by atoms with Crippen molar-refractivity contribution in [3.05, 3.63) is 17.0 Å². The molecule has 1 heterocycles. The van der Waals surface area contributed by atoms with Crippen molar-refractivity contribution >= 4 is 34.1 Å². The maximum atomic E-state index is 12.1. The van der Waals surface area contributed by atoms with Gasteiger partial charge in [-0.15, -0.1) is 11.3 Å². The molecule has 1 saturated carbocycles. The predicted molar refractivity (Wildman–Crippen MR) is 69.9 cm³/mol. The molecule has 0 aliphatic heterocycles. The van der Waals surface area contributed by atoms with Gasteiger partial charge in [0.15, 0.2) is 0 Å². The topological polar surface area (TPSA) is 109 Å². The van der Waals surface area contributed by atoms with Crippen LogP contribution in [-0.2, 0) is 9.59 Å². The molecule has 1 fully saturated rings. The van der Waals surface area contributed by atoms with Crippen LogP contribution in [0.15, 0.2) is 11.4 Å². The van der Waals surface area contributed by atoms with E-state index in [0.717, 1.165) is 6.42 Å². The fourth-order valence-electron chi connectivity index (χ4n) is 2.37. The van der Waals surface area contributed by atoms with Gasteiger partial charge in [0, 0.05) is 0 Å². The van der Waals surface area contributed by atoms with Gasteiger partial charge in [0.1, 0.15) is 5.00 Å². The number of carbonyl (C=O) groups is 3. The van der Waals surface area contributed by atoms with E-state index in [4.69, 9.17) is 10.8 Å². The number of carbonyl (C=O) groups excluding carboxylic acids is 2. The molecule has 7 heteroatoms. The van der Waals surface area contributed by atoms with E-state index < -0.39 is 23.7 Å². The molecule has 102 valence electrons. The molecule has 1 aliphatic rings. The van der Waals surface area contributed by atoms with E-state index in [1.807, 2.05) is 0 Å². The number of aliphatic carboxylic acids is 1. The van der Waals surface area contributed by atoms with Crippen LogP contribution in [0.1, 0.15) is 29.6 Å². The Morgan fingerprint density at radius 3 is 2.63 bits per heavy atom. The SMILES string of the molecule is NC(=O)c1ccsc1NC(=O)[C@@H]1CCC[C@@H]1C(=O)O. The van der Waals surface area contributed by atoms with Gasteiger partial charge in [0.05, 0.1) is 17.4 Å². The van der Waals surface area contributed by atoms with Crippen molar-refractivity contribution in [1.29, 1.82) is 0 Å². The second kappa shape index (κ2) is 5.40. The monoisotopic (exact) mass is 282 g/mol. The zero-order valence-electron chi connectivity index (χ0n) is 10.1. The molecule has 6 nitrogen and oxygen atoms in total. The summed E-state index contributed by atoms with van der Waals surface area (Å²) in [5, 5.41) is 13.7. The van der Waals surface area contributed by atoms with E-state index in [1.54, 1.807) is 5.38 Å². The summed E-state index contributed by atoms with van der Waals surface area (Å²) < 4.78 is 0. The second-order valence-corrected chi connectivity index (χ2v) is 5.42. The van der Waals surface area contributed by atoms with Crippen LogP contribution in [0.25, 0.3) is 0 Å². The first-order valence-electron chi connectivity index (χ1n) is 5.91. The molecule has 0 unspecified atom stereocenters. The fraction of sp³-hybridized carbons (Fsp3) is 0.417. The number of hydrogen-bond donors (Lipinski definition) is 3. The molecule has 1 aromatic rings. The third-order valence-corrected chi connectivity index (χ3v) is 4.17. The van der Waals surface area contributed by atoms with Crippen LogP contribution in [0.5, 0.6) is 0 Å². The van der Waals surface area contributed by atoms with Crippen molar-refractivity contribution in [3.63, 3.8) is 0 Å². The lowest BCUT2D eigenvalue weighted by Crippen LogP contribution is -2.30. The van der Waals surface area contributed by atoms with Gasteiger partial charge in [0.25, 0.3) is 5.91 Å². The highest BCUT2D eigenvalue weighted by atomic mass is 32.1. The third-order valence-electron chi connectivity index (χ3n) is 3.34. The van der Waals surface area contributed by atoms with Crippen LogP contribution in [-0.4, -0.2) is 22.9 Å². The van der Waals surface area contributed by atoms with Gasteiger partial charge in [0.2, 0.25) is 5.91 Å². The highest BCUT2D eigenvalue weighted by Crippen LogP contribution is 2.33. The molecule has 0 spiro atoms. The molecule has 2 amide bonds. The number of hydrogen-bond acceptors (Lipinski definition) is 4. The molecular formula is C12H14N2O4S. The lowest BCUT2D eigenvalue weighted by molar-refractivity contribution is -0.145. The first kappa shape index (κ1) is 13.5. The number of primary amides is 1. The zero-order valence-corrected chi connectivity index (χ0v) is 10.9. The van der Waals surface area contributed by atoms with Crippen molar-refractivity contribution in [2.75, 3.05) is 5.32 Å². The minimum absolute atomic E-state index is 0.253. The Hall–Kier alpha value is -1.89. The quantitative estimate of drug-likeness (QED) is 0.772. The summed E-state index contributed by atoms with van der Waals surface area (Å²) in [6, 6.07) is 1.53. The van der Waals surface area contributed by atoms with Gasteiger partial charge in [-0.1, -0.05) is 6.42 Å². The van der Waals surface area contributed by atoms with Gasteiger partial charge < -0.3 is 16.2 Å². The Morgan fingerprint density at radius 1 is 1.32 bits per heavy atom. The summed E-state index contributed by atoms with van der Waals surface area (Å²) in [5.41, 5.74) is 5.44. The van der Waals surface area contributed by atoms with Crippen LogP contribution in [0.4, 0.5) is 5.00 Å². The molecule has 1 aromatic heterocycles. The largest absolute Gasteiger partial charge is 0.481 e. The number of nitrogens with one attached hydrogen (secondary N) is 1. The molecule has 19 heavy (non-hydrogen) atoms. The molecule has 0 bridgehead atoms. The smallest absolute Gasteiger partial charge is 0.307 e. The van der Waals surface area contributed by atoms with Gasteiger partial charge in [-0.25, -0.2) is 0 Å². The average Bonchev–Trinajstić information content (AvgIpc) is 2.96. The van der Waals surface area contributed by atoms with Gasteiger partial charge in [-0.05, 0) is 24.3 Å². The standard InChI is InChI=1S/C12H14N2O4S/c13-9(15)8-4-5-19-11(8)14-10(16)6-2-1-3-7(6)12(17)18/h4-7H,1-3H2,(H2,13,15)(H,14,16)(H,17,18)/t6-,7+/m1/s1. The Bertz CT molecular complexity index is 526. The highest BCUT2D eigenvalue weighted by Gasteiger charge is 2.38. The van der Waals surface area contributed by atoms with E-state index in [0.29, 0.717) is 17.8 Å². The number of carboxylic acid groups (broad SMARTS) is 1. The average molecular weight is 282 g/mol. The predicted octanol–water partition coefficient (Wildman–Crippen LogP) is 1.29. The van der Waals surface area contributed by atoms with E-state index in [2.05, 4.69) is 5.32 Å². The number of anilines is 1. The van der Waals surface area contributed by atoms with Crippen molar-refractivity contribution in [2.45, 2.75) is 19.3 Å². The number of carboxylic acids is 1. The van der Waals surface area contributed by atoms with Crippen LogP contribution >= 0.6 is 11.3 Å². The Labute approximate surface area is 113 Å². The number of thiophene rings is 1. The number of rotatable bonds is 4. The molecule has 2 rings (SSSR count). The van der Waals surface area contributed by atoms with Gasteiger partial charge in [-0.3, -0.25) is 14.4 Å². The molecule has 1 aliphatic carbocycles. The first-order chi connectivity index (χ1) is 9.00. The zero-order chi connectivity index (χ0) is 14.0. The van der Waals surface area contributed by atoms with E-state index in [9.17, 15) is 14.4 Å². The Morgan fingerprint density at radius 2 is 2.00 bits per heavy atom. The fourth-order valence-corrected chi connectivity index (χ4v) is 3.17. The maximum absolute atomic E-state index is 12.1. The van der Waals surface area contributed by atoms with Gasteiger partial charge >= 0.3 is 5.97 Å². The summed E-state index contributed by atoms with van der Waals surface area (Å²) in [6.45, 7) is 0. The van der Waals surface area contributed by atoms with Crippen LogP contribution in [0.2, 0.25) is 0 Å². The van der Waals surface area contributed by atoms with Crippen LogP contribution in [0, 0.1) is 11.8 Å². The second-order valence-electron chi connectivity index (χ2n) is 4.50. The van der Waals surface area contributed by atoms with Crippen molar-refractivity contribution < 1.29 is 19.5 Å². The molecule has 0 aromatic carbocycles. The van der Waals surface area contributed by atoms with Crippen LogP contribution < -0.4 is 11.1 Å². The molecule has 2 atom stereocenters. The molecular weight excluding hydrogens is 268 g/mol. The third kappa shape index (κ3) is 2.76. The minimum atomic E-state index is -0.945. The molecule has 0 radical (unpaired) electrons. The maximum Gasteiger partial charge on any atom is 0.307 e. The summed E-state index contributed by atoms with van der Waals surface area (Å²) >= 11 is 1.19. The number of nitrogens with two attached hydrogens (primary N) is 1. The van der Waals surface area contributed by atoms with Crippen molar-refractivity contribution in [3.8, 4) is 0 Å². The van der Waals surface area contributed by atoms with Crippen molar-refractivity contribution in [1.82, 2.24) is 0 Å². The lowest BCUT2D eigenvalue weighted by atomic mass is 9.95. The summed E-state index contributed by atoms with van der Waals surface area (Å²) in [6.07, 6.45) is 1.79. The Kier molecular flexibility index (Phi) is 3.84. The lowest BCUT2D eigenvalue weighted by Gasteiger charge is -2.15. The van der Waals surface area contributed by atoms with Crippen LogP contribution in [0.3, 0.4) is 0 Å². The van der Waals surface area contributed by atoms with E-state index in [1.165, 1.54) is 17.4 Å². The highest BCUT2D eigenvalue weighted by molar-refractivity contribution is 7.14. The summed E-state index contributed by atoms with van der Waals surface area (Å²) in [7, 11) is 0. The van der Waals surface area contributed by atoms with Crippen molar-refractivity contribution in [2.24, 2.45) is 17.6 Å². The summed E-state index contributed by atoms with van der Waals surface area (Å²) in [4.78, 5) is 34.3. The summed E-state index contributed by atoms with van der Waals surface area (Å²) in [5.74, 6) is -3.09. The number of amides is 2. The normalized spacial score (nSPS) is 22.1.